The van der Waals surface area contributed by atoms with E-state index >= 15 is 0 Å². The molecular formula is C19H28O2. The van der Waals surface area contributed by atoms with Crippen molar-refractivity contribution in [1.29, 1.82) is 0 Å². The van der Waals surface area contributed by atoms with Crippen molar-refractivity contribution in [3.8, 4) is 0 Å². The Labute approximate surface area is 128 Å². The number of hydrogen-bond donors (Lipinski definition) is 1. The summed E-state index contributed by atoms with van der Waals surface area (Å²) in [7, 11) is 0. The lowest BCUT2D eigenvalue weighted by Gasteiger charge is -2.38. The summed E-state index contributed by atoms with van der Waals surface area (Å²) in [5, 5.41) is 9.19. The first-order valence-electron chi connectivity index (χ1n) is 8.02. The molecule has 0 saturated heterocycles. The van der Waals surface area contributed by atoms with Gasteiger partial charge < -0.3 is 5.11 Å². The van der Waals surface area contributed by atoms with Crippen molar-refractivity contribution in [3.05, 3.63) is 35.4 Å². The number of hydrogen-bond acceptors (Lipinski definition) is 1. The fraction of sp³-hybridized carbons (Fsp3) is 0.632. The van der Waals surface area contributed by atoms with Crippen molar-refractivity contribution < 1.29 is 9.90 Å². The second-order valence-electron chi connectivity index (χ2n) is 8.00. The van der Waals surface area contributed by atoms with Gasteiger partial charge in [0.1, 0.15) is 0 Å². The standard InChI is InChI=1S/C19H28O2/c1-18(2)11-7-8-14(12-18)15-9-5-6-10-16(15)19(3,4)13-17(20)21/h5-6,9-10,14H,7-8,11-13H2,1-4H3,(H,20,21). The minimum atomic E-state index is -0.723. The first-order valence-corrected chi connectivity index (χ1v) is 8.02. The van der Waals surface area contributed by atoms with Gasteiger partial charge in [-0.25, -0.2) is 0 Å². The summed E-state index contributed by atoms with van der Waals surface area (Å²) in [5.41, 5.74) is 2.67. The summed E-state index contributed by atoms with van der Waals surface area (Å²) < 4.78 is 0. The molecule has 1 saturated carbocycles. The zero-order chi connectivity index (χ0) is 15.7. The molecule has 1 unspecified atom stereocenters. The lowest BCUT2D eigenvalue weighted by atomic mass is 9.67. The fourth-order valence-corrected chi connectivity index (χ4v) is 3.91. The molecule has 21 heavy (non-hydrogen) atoms. The molecule has 2 heteroatoms. The molecule has 1 atom stereocenters. The van der Waals surface area contributed by atoms with Gasteiger partial charge in [0.05, 0.1) is 6.42 Å². The second kappa shape index (κ2) is 5.82. The van der Waals surface area contributed by atoms with Crippen LogP contribution in [0.2, 0.25) is 0 Å². The number of aliphatic carboxylic acids is 1. The molecule has 1 N–H and O–H groups in total. The molecule has 0 aliphatic heterocycles. The van der Waals surface area contributed by atoms with Crippen LogP contribution in [0.5, 0.6) is 0 Å². The van der Waals surface area contributed by atoms with Crippen molar-refractivity contribution in [1.82, 2.24) is 0 Å². The minimum Gasteiger partial charge on any atom is -0.481 e. The number of carbonyl (C=O) groups is 1. The largest absolute Gasteiger partial charge is 0.481 e. The maximum atomic E-state index is 11.2. The van der Waals surface area contributed by atoms with E-state index in [4.69, 9.17) is 0 Å². The Hall–Kier alpha value is -1.31. The van der Waals surface area contributed by atoms with Gasteiger partial charge >= 0.3 is 5.97 Å². The SMILES string of the molecule is CC1(C)CCCC(c2ccccc2C(C)(C)CC(=O)O)C1. The Balaban J connectivity index is 2.35. The first-order chi connectivity index (χ1) is 9.71. The topological polar surface area (TPSA) is 37.3 Å². The highest BCUT2D eigenvalue weighted by molar-refractivity contribution is 5.69. The summed E-state index contributed by atoms with van der Waals surface area (Å²) in [5.74, 6) is -0.156. The highest BCUT2D eigenvalue weighted by atomic mass is 16.4. The van der Waals surface area contributed by atoms with Gasteiger partial charge in [-0.2, -0.15) is 0 Å². The highest BCUT2D eigenvalue weighted by Gasteiger charge is 2.33. The van der Waals surface area contributed by atoms with E-state index in [1.54, 1.807) is 0 Å². The predicted octanol–water partition coefficient (Wildman–Crippen LogP) is 5.12. The summed E-state index contributed by atoms with van der Waals surface area (Å²) in [6, 6.07) is 8.47. The molecule has 0 bridgehead atoms. The molecule has 0 aromatic heterocycles. The van der Waals surface area contributed by atoms with E-state index in [0.29, 0.717) is 11.3 Å². The number of rotatable bonds is 4. The lowest BCUT2D eigenvalue weighted by molar-refractivity contribution is -0.138. The van der Waals surface area contributed by atoms with Gasteiger partial charge in [-0.1, -0.05) is 58.4 Å². The lowest BCUT2D eigenvalue weighted by Crippen LogP contribution is -2.27. The van der Waals surface area contributed by atoms with Crippen LogP contribution in [0, 0.1) is 5.41 Å². The molecule has 1 aliphatic carbocycles. The molecule has 0 amide bonds. The zero-order valence-electron chi connectivity index (χ0n) is 13.8. The second-order valence-corrected chi connectivity index (χ2v) is 8.00. The van der Waals surface area contributed by atoms with Gasteiger partial charge in [0.2, 0.25) is 0 Å². The Morgan fingerprint density at radius 3 is 2.62 bits per heavy atom. The highest BCUT2D eigenvalue weighted by Crippen LogP contribution is 2.46. The maximum Gasteiger partial charge on any atom is 0.304 e. The Morgan fingerprint density at radius 1 is 1.33 bits per heavy atom. The van der Waals surface area contributed by atoms with E-state index in [0.717, 1.165) is 0 Å². The average Bonchev–Trinajstić information content (AvgIpc) is 2.36. The van der Waals surface area contributed by atoms with Crippen molar-refractivity contribution in [3.63, 3.8) is 0 Å². The molecule has 2 rings (SSSR count). The summed E-state index contributed by atoms with van der Waals surface area (Å²) >= 11 is 0. The quantitative estimate of drug-likeness (QED) is 0.834. The number of carboxylic acid groups (broad SMARTS) is 1. The maximum absolute atomic E-state index is 11.2. The first kappa shape index (κ1) is 16.1. The van der Waals surface area contributed by atoms with E-state index < -0.39 is 5.97 Å². The zero-order valence-corrected chi connectivity index (χ0v) is 13.8. The minimum absolute atomic E-state index is 0.181. The molecule has 1 aromatic rings. The van der Waals surface area contributed by atoms with Crippen LogP contribution in [-0.2, 0) is 10.2 Å². The molecule has 1 aromatic carbocycles. The van der Waals surface area contributed by atoms with Crippen molar-refractivity contribution in [2.75, 3.05) is 0 Å². The van der Waals surface area contributed by atoms with Crippen LogP contribution in [-0.4, -0.2) is 11.1 Å². The molecule has 1 fully saturated rings. The third-order valence-corrected chi connectivity index (χ3v) is 4.93. The molecule has 2 nitrogen and oxygen atoms in total. The third-order valence-electron chi connectivity index (χ3n) is 4.93. The molecule has 1 aliphatic rings. The van der Waals surface area contributed by atoms with Crippen LogP contribution in [0.25, 0.3) is 0 Å². The molecular weight excluding hydrogens is 260 g/mol. The predicted molar refractivity (Wildman–Crippen MR) is 86.7 cm³/mol. The van der Waals surface area contributed by atoms with Gasteiger partial charge in [0.25, 0.3) is 0 Å². The van der Waals surface area contributed by atoms with Crippen LogP contribution < -0.4 is 0 Å². The van der Waals surface area contributed by atoms with Crippen LogP contribution in [0.1, 0.15) is 76.8 Å². The summed E-state index contributed by atoms with van der Waals surface area (Å²) in [6.07, 6.45) is 5.17. The van der Waals surface area contributed by atoms with Gasteiger partial charge in [-0.15, -0.1) is 0 Å². The third kappa shape index (κ3) is 3.87. The molecule has 116 valence electrons. The van der Waals surface area contributed by atoms with Gasteiger partial charge in [-0.05, 0) is 41.7 Å². The van der Waals surface area contributed by atoms with Crippen molar-refractivity contribution >= 4 is 5.97 Å². The number of benzene rings is 1. The van der Waals surface area contributed by atoms with Gasteiger partial charge in [0.15, 0.2) is 0 Å². The summed E-state index contributed by atoms with van der Waals surface area (Å²) in [4.78, 5) is 11.2. The van der Waals surface area contributed by atoms with Crippen LogP contribution in [0.15, 0.2) is 24.3 Å². The Bertz CT molecular complexity index is 514. The van der Waals surface area contributed by atoms with E-state index in [1.807, 2.05) is 19.9 Å². The van der Waals surface area contributed by atoms with E-state index in [9.17, 15) is 9.90 Å². The van der Waals surface area contributed by atoms with E-state index in [1.165, 1.54) is 36.8 Å². The fourth-order valence-electron chi connectivity index (χ4n) is 3.91. The molecule has 0 radical (unpaired) electrons. The van der Waals surface area contributed by atoms with Crippen LogP contribution in [0.4, 0.5) is 0 Å². The smallest absolute Gasteiger partial charge is 0.304 e. The van der Waals surface area contributed by atoms with Crippen molar-refractivity contribution in [2.45, 2.75) is 71.1 Å². The monoisotopic (exact) mass is 288 g/mol. The van der Waals surface area contributed by atoms with Gasteiger partial charge in [0, 0.05) is 5.41 Å². The van der Waals surface area contributed by atoms with Crippen LogP contribution in [0.3, 0.4) is 0 Å². The normalized spacial score (nSPS) is 22.0. The Kier molecular flexibility index (Phi) is 4.46. The van der Waals surface area contributed by atoms with Gasteiger partial charge in [-0.3, -0.25) is 4.79 Å². The van der Waals surface area contributed by atoms with E-state index in [2.05, 4.69) is 32.0 Å². The van der Waals surface area contributed by atoms with Crippen molar-refractivity contribution in [2.24, 2.45) is 5.41 Å². The average molecular weight is 288 g/mol. The molecule has 0 spiro atoms. The molecule has 0 heterocycles. The number of carboxylic acids is 1. The van der Waals surface area contributed by atoms with E-state index in [-0.39, 0.29) is 11.8 Å². The Morgan fingerprint density at radius 2 is 2.00 bits per heavy atom. The van der Waals surface area contributed by atoms with Crippen LogP contribution >= 0.6 is 0 Å². The summed E-state index contributed by atoms with van der Waals surface area (Å²) in [6.45, 7) is 8.80.